The number of hydrogen-bond acceptors (Lipinski definition) is 4. The van der Waals surface area contributed by atoms with Gasteiger partial charge in [-0.1, -0.05) is 62.4 Å². The molecule has 0 aromatic heterocycles. The predicted molar refractivity (Wildman–Crippen MR) is 128 cm³/mol. The summed E-state index contributed by atoms with van der Waals surface area (Å²) < 4.78 is 5.60. The minimum Gasteiger partial charge on any atom is -0.480 e. The van der Waals surface area contributed by atoms with Crippen LogP contribution in [0.25, 0.3) is 11.1 Å². The molecule has 0 aliphatic heterocycles. The van der Waals surface area contributed by atoms with Gasteiger partial charge in [-0.2, -0.15) is 0 Å². The van der Waals surface area contributed by atoms with Crippen LogP contribution in [0.1, 0.15) is 56.6 Å². The molecule has 2 amide bonds. The molecule has 7 nitrogen and oxygen atoms in total. The molecule has 1 unspecified atom stereocenters. The second kappa shape index (κ2) is 9.87. The van der Waals surface area contributed by atoms with Gasteiger partial charge in [0.05, 0.1) is 5.41 Å². The normalized spacial score (nSPS) is 15.7. The number of hydrogen-bond donors (Lipinski definition) is 3. The lowest BCUT2D eigenvalue weighted by Crippen LogP contribution is -2.53. The molecule has 3 N–H and O–H groups in total. The number of carboxylic acids is 1. The van der Waals surface area contributed by atoms with Gasteiger partial charge in [0.15, 0.2) is 0 Å². The third-order valence-electron chi connectivity index (χ3n) is 7.40. The van der Waals surface area contributed by atoms with Crippen molar-refractivity contribution in [1.82, 2.24) is 10.6 Å². The van der Waals surface area contributed by atoms with Gasteiger partial charge in [-0.15, -0.1) is 0 Å². The molecule has 4 rings (SSSR count). The van der Waals surface area contributed by atoms with Crippen LogP contribution in [0.3, 0.4) is 0 Å². The molecule has 2 aliphatic carbocycles. The van der Waals surface area contributed by atoms with E-state index in [4.69, 9.17) is 4.74 Å². The van der Waals surface area contributed by atoms with E-state index >= 15 is 0 Å². The summed E-state index contributed by atoms with van der Waals surface area (Å²) in [6.45, 7) is 4.02. The summed E-state index contributed by atoms with van der Waals surface area (Å²) in [5, 5.41) is 14.9. The van der Waals surface area contributed by atoms with Gasteiger partial charge in [0.1, 0.15) is 12.6 Å². The minimum absolute atomic E-state index is 0.0112. The highest BCUT2D eigenvalue weighted by atomic mass is 16.5. The van der Waals surface area contributed by atoms with Crippen molar-refractivity contribution < 1.29 is 24.2 Å². The fraction of sp³-hybridized carbons (Fsp3) is 0.444. The zero-order valence-corrected chi connectivity index (χ0v) is 19.7. The zero-order chi connectivity index (χ0) is 24.3. The molecule has 0 saturated heterocycles. The third-order valence-corrected chi connectivity index (χ3v) is 7.40. The van der Waals surface area contributed by atoms with E-state index in [0.717, 1.165) is 35.1 Å². The van der Waals surface area contributed by atoms with E-state index in [2.05, 4.69) is 34.9 Å². The molecular weight excluding hydrogens is 432 g/mol. The summed E-state index contributed by atoms with van der Waals surface area (Å²) in [6.07, 6.45) is 1.96. The zero-order valence-electron chi connectivity index (χ0n) is 19.7. The summed E-state index contributed by atoms with van der Waals surface area (Å²) in [6, 6.07) is 15.4. The van der Waals surface area contributed by atoms with Crippen molar-refractivity contribution in [2.75, 3.05) is 13.2 Å². The van der Waals surface area contributed by atoms with Gasteiger partial charge in [-0.3, -0.25) is 4.79 Å². The molecule has 0 radical (unpaired) electrons. The summed E-state index contributed by atoms with van der Waals surface area (Å²) in [5.41, 5.74) is 3.68. The fourth-order valence-corrected chi connectivity index (χ4v) is 4.90. The van der Waals surface area contributed by atoms with Gasteiger partial charge in [0.2, 0.25) is 5.91 Å². The highest BCUT2D eigenvalue weighted by molar-refractivity contribution is 5.88. The molecule has 2 aromatic rings. The highest BCUT2D eigenvalue weighted by Crippen LogP contribution is 2.44. The number of nitrogens with one attached hydrogen (secondary N) is 2. The standard InChI is InChI=1S/C27H32N2O5/c1-3-27(4-2,25(32)29-23(24(30)31)17-13-14-17)16-28-26(33)34-15-22-20-11-7-5-9-18(20)19-10-6-8-12-21(19)22/h5-12,17,22-23H,3-4,13-16H2,1-2H3,(H,28,33)(H,29,32)(H,30,31). The van der Waals surface area contributed by atoms with Crippen molar-refractivity contribution in [3.63, 3.8) is 0 Å². The Balaban J connectivity index is 1.38. The maximum Gasteiger partial charge on any atom is 0.407 e. The molecule has 0 spiro atoms. The number of carboxylic acid groups (broad SMARTS) is 1. The van der Waals surface area contributed by atoms with Gasteiger partial charge < -0.3 is 20.5 Å². The lowest BCUT2D eigenvalue weighted by Gasteiger charge is -2.31. The topological polar surface area (TPSA) is 105 Å². The van der Waals surface area contributed by atoms with Gasteiger partial charge in [-0.25, -0.2) is 9.59 Å². The lowest BCUT2D eigenvalue weighted by molar-refractivity contribution is -0.144. The van der Waals surface area contributed by atoms with Crippen LogP contribution in [0.2, 0.25) is 0 Å². The number of fused-ring (bicyclic) bond motifs is 3. The van der Waals surface area contributed by atoms with Gasteiger partial charge in [0, 0.05) is 12.5 Å². The predicted octanol–water partition coefficient (Wildman–Crippen LogP) is 4.31. The Labute approximate surface area is 199 Å². The van der Waals surface area contributed by atoms with Gasteiger partial charge >= 0.3 is 12.1 Å². The smallest absolute Gasteiger partial charge is 0.407 e. The molecule has 2 aromatic carbocycles. The van der Waals surface area contributed by atoms with Crippen LogP contribution in [-0.2, 0) is 14.3 Å². The Hall–Kier alpha value is -3.35. The van der Waals surface area contributed by atoms with Crippen LogP contribution in [0.4, 0.5) is 4.79 Å². The first-order chi connectivity index (χ1) is 16.4. The first-order valence-corrected chi connectivity index (χ1v) is 12.0. The van der Waals surface area contributed by atoms with E-state index < -0.39 is 23.5 Å². The van der Waals surface area contributed by atoms with Crippen LogP contribution in [0, 0.1) is 11.3 Å². The lowest BCUT2D eigenvalue weighted by atomic mass is 9.81. The number of aliphatic carboxylic acids is 1. The number of carbonyl (C=O) groups excluding carboxylic acids is 2. The molecule has 1 saturated carbocycles. The number of ether oxygens (including phenoxy) is 1. The van der Waals surface area contributed by atoms with E-state index in [-0.39, 0.29) is 30.9 Å². The number of benzene rings is 2. The minimum atomic E-state index is -1.01. The Morgan fingerprint density at radius 2 is 1.56 bits per heavy atom. The third kappa shape index (κ3) is 4.65. The number of rotatable bonds is 10. The number of alkyl carbamates (subject to hydrolysis) is 1. The van der Waals surface area contributed by atoms with Crippen molar-refractivity contribution in [2.24, 2.45) is 11.3 Å². The molecule has 34 heavy (non-hydrogen) atoms. The fourth-order valence-electron chi connectivity index (χ4n) is 4.90. The van der Waals surface area contributed by atoms with E-state index in [9.17, 15) is 19.5 Å². The Morgan fingerprint density at radius 1 is 1.00 bits per heavy atom. The SMILES string of the molecule is CCC(CC)(CNC(=O)OCC1c2ccccc2-c2ccccc21)C(=O)NC(C(=O)O)C1CC1. The Bertz CT molecular complexity index is 1030. The van der Waals surface area contributed by atoms with Crippen LogP contribution in [-0.4, -0.2) is 42.3 Å². The average Bonchev–Trinajstić information content (AvgIpc) is 3.64. The summed E-state index contributed by atoms with van der Waals surface area (Å²) >= 11 is 0. The molecule has 1 fully saturated rings. The van der Waals surface area contributed by atoms with Crippen LogP contribution < -0.4 is 10.6 Å². The monoisotopic (exact) mass is 464 g/mol. The molecular formula is C27H32N2O5. The molecule has 180 valence electrons. The van der Waals surface area contributed by atoms with Crippen molar-refractivity contribution in [3.8, 4) is 11.1 Å². The van der Waals surface area contributed by atoms with E-state index in [1.54, 1.807) is 0 Å². The molecule has 2 aliphatic rings. The first-order valence-electron chi connectivity index (χ1n) is 12.0. The van der Waals surface area contributed by atoms with Gasteiger partial charge in [-0.05, 0) is 53.9 Å². The van der Waals surface area contributed by atoms with Crippen molar-refractivity contribution in [2.45, 2.75) is 51.5 Å². The molecule has 0 bridgehead atoms. The van der Waals surface area contributed by atoms with Crippen molar-refractivity contribution in [3.05, 3.63) is 59.7 Å². The number of amides is 2. The second-order valence-electron chi connectivity index (χ2n) is 9.29. The second-order valence-corrected chi connectivity index (χ2v) is 9.29. The average molecular weight is 465 g/mol. The summed E-state index contributed by atoms with van der Waals surface area (Å²) in [4.78, 5) is 37.2. The maximum absolute atomic E-state index is 13.1. The summed E-state index contributed by atoms with van der Waals surface area (Å²) in [5.74, 6) is -1.40. The number of carbonyl (C=O) groups is 3. The Kier molecular flexibility index (Phi) is 6.91. The summed E-state index contributed by atoms with van der Waals surface area (Å²) in [7, 11) is 0. The molecule has 1 atom stereocenters. The van der Waals surface area contributed by atoms with E-state index in [1.165, 1.54) is 0 Å². The largest absolute Gasteiger partial charge is 0.480 e. The molecule has 0 heterocycles. The first kappa shape index (κ1) is 23.8. The van der Waals surface area contributed by atoms with Crippen LogP contribution >= 0.6 is 0 Å². The Morgan fingerprint density at radius 3 is 2.06 bits per heavy atom. The van der Waals surface area contributed by atoms with Crippen LogP contribution in [0.15, 0.2) is 48.5 Å². The highest BCUT2D eigenvalue weighted by Gasteiger charge is 2.42. The quantitative estimate of drug-likeness (QED) is 0.486. The van der Waals surface area contributed by atoms with Crippen molar-refractivity contribution >= 4 is 18.0 Å². The van der Waals surface area contributed by atoms with E-state index in [1.807, 2.05) is 38.1 Å². The van der Waals surface area contributed by atoms with Crippen molar-refractivity contribution in [1.29, 1.82) is 0 Å². The van der Waals surface area contributed by atoms with Gasteiger partial charge in [0.25, 0.3) is 0 Å². The van der Waals surface area contributed by atoms with Crippen LogP contribution in [0.5, 0.6) is 0 Å². The molecule has 7 heteroatoms. The van der Waals surface area contributed by atoms with E-state index in [0.29, 0.717) is 12.8 Å². The maximum atomic E-state index is 13.1.